The summed E-state index contributed by atoms with van der Waals surface area (Å²) in [5.41, 5.74) is 5.57. The zero-order valence-electron chi connectivity index (χ0n) is 20.1. The number of carbonyl (C=O) groups is 1. The number of carbonyl (C=O) groups excluding carboxylic acids is 1. The number of ether oxygens (including phenoxy) is 2. The molecule has 0 saturated carbocycles. The topological polar surface area (TPSA) is 47.6 Å². The third-order valence-corrected chi connectivity index (χ3v) is 6.03. The van der Waals surface area contributed by atoms with Crippen molar-refractivity contribution in [2.24, 2.45) is 5.41 Å². The largest absolute Gasteiger partial charge is 0.444 e. The van der Waals surface area contributed by atoms with Crippen molar-refractivity contribution in [1.82, 2.24) is 5.32 Å². The van der Waals surface area contributed by atoms with Crippen LogP contribution in [0.5, 0.6) is 0 Å². The molecule has 0 heterocycles. The number of alkyl carbamates (subject to hydrolysis) is 1. The lowest BCUT2D eigenvalue weighted by atomic mass is 9.71. The van der Waals surface area contributed by atoms with Gasteiger partial charge in [-0.05, 0) is 82.8 Å². The molecule has 1 unspecified atom stereocenters. The van der Waals surface area contributed by atoms with Crippen LogP contribution in [0.15, 0.2) is 35.4 Å². The quantitative estimate of drug-likeness (QED) is 0.478. The van der Waals surface area contributed by atoms with Crippen molar-refractivity contribution >= 4 is 6.09 Å². The number of hydrogen-bond acceptors (Lipinski definition) is 3. The number of aryl methyl sites for hydroxylation is 1. The normalized spacial score (nSPS) is 17.6. The summed E-state index contributed by atoms with van der Waals surface area (Å²) in [6.07, 6.45) is 6.29. The summed E-state index contributed by atoms with van der Waals surface area (Å²) >= 11 is 0. The molecule has 1 aromatic rings. The van der Waals surface area contributed by atoms with Crippen molar-refractivity contribution in [1.29, 1.82) is 0 Å². The van der Waals surface area contributed by atoms with E-state index in [1.165, 1.54) is 24.8 Å². The monoisotopic (exact) mass is 415 g/mol. The van der Waals surface area contributed by atoms with Gasteiger partial charge in [-0.3, -0.25) is 0 Å². The molecule has 1 amide bonds. The fourth-order valence-corrected chi connectivity index (χ4v) is 4.49. The molecule has 1 aromatic carbocycles. The Labute approximate surface area is 183 Å². The molecule has 168 valence electrons. The maximum absolute atomic E-state index is 11.9. The first-order valence-corrected chi connectivity index (χ1v) is 11.3. The molecule has 1 atom stereocenters. The van der Waals surface area contributed by atoms with Crippen LogP contribution >= 0.6 is 0 Å². The fourth-order valence-electron chi connectivity index (χ4n) is 4.49. The van der Waals surface area contributed by atoms with Gasteiger partial charge in [0.05, 0.1) is 6.10 Å². The molecule has 0 bridgehead atoms. The highest BCUT2D eigenvalue weighted by molar-refractivity contribution is 5.67. The van der Waals surface area contributed by atoms with Crippen LogP contribution < -0.4 is 5.32 Å². The number of benzene rings is 1. The second kappa shape index (κ2) is 10.5. The average molecular weight is 416 g/mol. The maximum atomic E-state index is 11.9. The first kappa shape index (κ1) is 24.5. The highest BCUT2D eigenvalue weighted by Gasteiger charge is 2.27. The highest BCUT2D eigenvalue weighted by Crippen LogP contribution is 2.42. The molecule has 0 fully saturated rings. The Morgan fingerprint density at radius 1 is 1.23 bits per heavy atom. The summed E-state index contributed by atoms with van der Waals surface area (Å²) in [6, 6.07) is 8.69. The smallest absolute Gasteiger partial charge is 0.407 e. The predicted molar refractivity (Wildman–Crippen MR) is 124 cm³/mol. The van der Waals surface area contributed by atoms with E-state index in [2.05, 4.69) is 50.4 Å². The third kappa shape index (κ3) is 7.46. The zero-order valence-corrected chi connectivity index (χ0v) is 20.1. The molecule has 0 saturated heterocycles. The van der Waals surface area contributed by atoms with Crippen molar-refractivity contribution in [2.75, 3.05) is 13.7 Å². The predicted octanol–water partition coefficient (Wildman–Crippen LogP) is 6.75. The Morgan fingerprint density at radius 2 is 1.97 bits per heavy atom. The molecule has 1 N–H and O–H groups in total. The van der Waals surface area contributed by atoms with Gasteiger partial charge in [0, 0.05) is 13.7 Å². The van der Waals surface area contributed by atoms with E-state index in [0.717, 1.165) is 18.4 Å². The van der Waals surface area contributed by atoms with Crippen LogP contribution in [0.4, 0.5) is 4.79 Å². The third-order valence-electron chi connectivity index (χ3n) is 6.03. The van der Waals surface area contributed by atoms with Crippen LogP contribution in [0.25, 0.3) is 0 Å². The Balaban J connectivity index is 1.95. The molecule has 0 spiro atoms. The Kier molecular flexibility index (Phi) is 8.54. The maximum Gasteiger partial charge on any atom is 0.407 e. The molecule has 4 nitrogen and oxygen atoms in total. The molecule has 1 aliphatic carbocycles. The van der Waals surface area contributed by atoms with Crippen molar-refractivity contribution in [3.8, 4) is 0 Å². The van der Waals surface area contributed by atoms with Gasteiger partial charge in [-0.2, -0.15) is 0 Å². The molecule has 0 radical (unpaired) electrons. The summed E-state index contributed by atoms with van der Waals surface area (Å²) in [5.74, 6) is 0. The summed E-state index contributed by atoms with van der Waals surface area (Å²) in [6.45, 7) is 13.2. The molecular weight excluding hydrogens is 374 g/mol. The Hall–Kier alpha value is -1.81. The number of hydrogen-bond donors (Lipinski definition) is 1. The van der Waals surface area contributed by atoms with Gasteiger partial charge in [0.15, 0.2) is 0 Å². The minimum absolute atomic E-state index is 0.0491. The van der Waals surface area contributed by atoms with Crippen molar-refractivity contribution < 1.29 is 14.3 Å². The van der Waals surface area contributed by atoms with E-state index in [1.807, 2.05) is 20.8 Å². The van der Waals surface area contributed by atoms with E-state index in [1.54, 1.807) is 18.3 Å². The summed E-state index contributed by atoms with van der Waals surface area (Å²) < 4.78 is 11.0. The fraction of sp³-hybridized carbons (Fsp3) is 0.654. The van der Waals surface area contributed by atoms with Crippen LogP contribution in [0.3, 0.4) is 0 Å². The zero-order chi connectivity index (χ0) is 22.4. The number of rotatable bonds is 8. The van der Waals surface area contributed by atoms with Gasteiger partial charge in [-0.15, -0.1) is 0 Å². The minimum atomic E-state index is -0.486. The first-order valence-electron chi connectivity index (χ1n) is 11.3. The summed E-state index contributed by atoms with van der Waals surface area (Å²) in [4.78, 5) is 11.9. The second-order valence-corrected chi connectivity index (χ2v) is 10.2. The lowest BCUT2D eigenvalue weighted by Crippen LogP contribution is -2.33. The van der Waals surface area contributed by atoms with Gasteiger partial charge in [0.1, 0.15) is 5.60 Å². The summed E-state index contributed by atoms with van der Waals surface area (Å²) in [5, 5.41) is 2.82. The average Bonchev–Trinajstić information content (AvgIpc) is 2.63. The van der Waals surface area contributed by atoms with E-state index in [0.29, 0.717) is 18.4 Å². The van der Waals surface area contributed by atoms with Crippen molar-refractivity contribution in [2.45, 2.75) is 91.8 Å². The standard InChI is InChI=1S/C26H41NO3/c1-19-10-9-16-26(5,6)22(19)14-13-20-11-8-12-21(18-20)23(29-7)15-17-27-24(28)30-25(2,3)4/h8,11-12,18,23H,9-10,13-17H2,1-7H3,(H,27,28). The highest BCUT2D eigenvalue weighted by atomic mass is 16.6. The molecule has 2 rings (SSSR count). The lowest BCUT2D eigenvalue weighted by Gasteiger charge is -2.34. The Bertz CT molecular complexity index is 743. The van der Waals surface area contributed by atoms with Crippen molar-refractivity contribution in [3.05, 3.63) is 46.5 Å². The van der Waals surface area contributed by atoms with E-state index >= 15 is 0 Å². The molecule has 0 aromatic heterocycles. The molecule has 4 heteroatoms. The number of nitrogens with one attached hydrogen (secondary N) is 1. The van der Waals surface area contributed by atoms with Crippen LogP contribution in [0.1, 0.15) is 90.9 Å². The number of methoxy groups -OCH3 is 1. The molecule has 30 heavy (non-hydrogen) atoms. The van der Waals surface area contributed by atoms with Gasteiger partial charge in [0.25, 0.3) is 0 Å². The molecule has 1 aliphatic rings. The minimum Gasteiger partial charge on any atom is -0.444 e. The van der Waals surface area contributed by atoms with E-state index < -0.39 is 5.60 Å². The van der Waals surface area contributed by atoms with Crippen LogP contribution in [0.2, 0.25) is 0 Å². The van der Waals surface area contributed by atoms with E-state index in [-0.39, 0.29) is 12.2 Å². The van der Waals surface area contributed by atoms with E-state index in [9.17, 15) is 4.79 Å². The SMILES string of the molecule is COC(CCNC(=O)OC(C)(C)C)c1cccc(CCC2=C(C)CCCC2(C)C)c1. The number of allylic oxidation sites excluding steroid dienone is 2. The van der Waals surface area contributed by atoms with Crippen molar-refractivity contribution in [3.63, 3.8) is 0 Å². The Morgan fingerprint density at radius 3 is 2.60 bits per heavy atom. The molecule has 0 aliphatic heterocycles. The van der Waals surface area contributed by atoms with Gasteiger partial charge >= 0.3 is 6.09 Å². The number of amides is 1. The first-order chi connectivity index (χ1) is 14.0. The van der Waals surface area contributed by atoms with Gasteiger partial charge in [-0.25, -0.2) is 4.79 Å². The second-order valence-electron chi connectivity index (χ2n) is 10.2. The van der Waals surface area contributed by atoms with Gasteiger partial charge < -0.3 is 14.8 Å². The van der Waals surface area contributed by atoms with Crippen LogP contribution in [-0.2, 0) is 15.9 Å². The van der Waals surface area contributed by atoms with Crippen LogP contribution in [-0.4, -0.2) is 25.3 Å². The van der Waals surface area contributed by atoms with Gasteiger partial charge in [0.2, 0.25) is 0 Å². The van der Waals surface area contributed by atoms with Gasteiger partial charge in [-0.1, -0.05) is 49.3 Å². The molecular formula is C26H41NO3. The summed E-state index contributed by atoms with van der Waals surface area (Å²) in [7, 11) is 1.73. The lowest BCUT2D eigenvalue weighted by molar-refractivity contribution is 0.0504. The van der Waals surface area contributed by atoms with Crippen LogP contribution in [0, 0.1) is 5.41 Å². The van der Waals surface area contributed by atoms with E-state index in [4.69, 9.17) is 9.47 Å².